The summed E-state index contributed by atoms with van der Waals surface area (Å²) in [4.78, 5) is 10.5. The van der Waals surface area contributed by atoms with E-state index in [1.807, 2.05) is 6.92 Å². The van der Waals surface area contributed by atoms with Gasteiger partial charge in [0.05, 0.1) is 11.5 Å². The van der Waals surface area contributed by atoms with Gasteiger partial charge < -0.3 is 9.84 Å². The van der Waals surface area contributed by atoms with Crippen LogP contribution in [0.4, 0.5) is 5.69 Å². The molecule has 5 nitrogen and oxygen atoms in total. The molecule has 0 heterocycles. The Morgan fingerprint density at radius 2 is 2.05 bits per heavy atom. The predicted molar refractivity (Wildman–Crippen MR) is 78.0 cm³/mol. The number of aliphatic hydroxyl groups excluding tert-OH is 1. The number of aryl methyl sites for hydroxylation is 1. The Balaban J connectivity index is 2.36. The average molecular weight is 338 g/mol. The van der Waals surface area contributed by atoms with Crippen molar-refractivity contribution in [2.75, 3.05) is 0 Å². The summed E-state index contributed by atoms with van der Waals surface area (Å²) in [5.41, 5.74) is 1.51. The zero-order valence-corrected chi connectivity index (χ0v) is 12.3. The number of nitro benzene ring substituents is 1. The van der Waals surface area contributed by atoms with E-state index in [1.165, 1.54) is 6.07 Å². The molecule has 6 heteroatoms. The number of nitro groups is 1. The van der Waals surface area contributed by atoms with Gasteiger partial charge in [-0.25, -0.2) is 0 Å². The molecule has 0 saturated carbocycles. The first kappa shape index (κ1) is 14.5. The van der Waals surface area contributed by atoms with E-state index in [1.54, 1.807) is 30.3 Å². The molecule has 0 bridgehead atoms. The molecule has 2 aromatic rings. The van der Waals surface area contributed by atoms with Gasteiger partial charge in [0.1, 0.15) is 5.75 Å². The Morgan fingerprint density at radius 3 is 2.65 bits per heavy atom. The number of halogens is 1. The van der Waals surface area contributed by atoms with Crippen LogP contribution >= 0.6 is 15.9 Å². The van der Waals surface area contributed by atoms with Crippen LogP contribution in [-0.4, -0.2) is 10.0 Å². The molecule has 0 unspecified atom stereocenters. The first-order chi connectivity index (χ1) is 9.51. The lowest BCUT2D eigenvalue weighted by Crippen LogP contribution is -1.94. The number of rotatable bonds is 4. The van der Waals surface area contributed by atoms with E-state index in [4.69, 9.17) is 9.84 Å². The maximum absolute atomic E-state index is 11.0. The second kappa shape index (κ2) is 6.02. The topological polar surface area (TPSA) is 72.6 Å². The minimum Gasteiger partial charge on any atom is -0.450 e. The van der Waals surface area contributed by atoms with Crippen LogP contribution in [0.15, 0.2) is 40.9 Å². The van der Waals surface area contributed by atoms with Crippen molar-refractivity contribution in [1.82, 2.24) is 0 Å². The SMILES string of the molecule is Cc1ccc([N+](=O)[O-])c(Oc2ccc(CO)c(Br)c2)c1. The van der Waals surface area contributed by atoms with Crippen molar-refractivity contribution in [3.8, 4) is 11.5 Å². The Morgan fingerprint density at radius 1 is 1.30 bits per heavy atom. The number of hydrogen-bond donors (Lipinski definition) is 1. The third kappa shape index (κ3) is 3.15. The lowest BCUT2D eigenvalue weighted by molar-refractivity contribution is -0.385. The summed E-state index contributed by atoms with van der Waals surface area (Å²) in [6, 6.07) is 9.71. The summed E-state index contributed by atoms with van der Waals surface area (Å²) in [6.45, 7) is 1.74. The number of ether oxygens (including phenoxy) is 1. The van der Waals surface area contributed by atoms with Gasteiger partial charge in [-0.15, -0.1) is 0 Å². The second-order valence-corrected chi connectivity index (χ2v) is 5.10. The Hall–Kier alpha value is -1.92. The van der Waals surface area contributed by atoms with Crippen LogP contribution in [0.25, 0.3) is 0 Å². The lowest BCUT2D eigenvalue weighted by atomic mass is 10.2. The Labute approximate surface area is 124 Å². The first-order valence-corrected chi connectivity index (χ1v) is 6.62. The molecule has 0 radical (unpaired) electrons. The molecular weight excluding hydrogens is 326 g/mol. The fraction of sp³-hybridized carbons (Fsp3) is 0.143. The van der Waals surface area contributed by atoms with Crippen LogP contribution in [0, 0.1) is 17.0 Å². The molecule has 20 heavy (non-hydrogen) atoms. The summed E-state index contributed by atoms with van der Waals surface area (Å²) in [6.07, 6.45) is 0. The number of nitrogens with zero attached hydrogens (tertiary/aromatic N) is 1. The summed E-state index contributed by atoms with van der Waals surface area (Å²) in [5.74, 6) is 0.654. The second-order valence-electron chi connectivity index (χ2n) is 4.24. The number of benzene rings is 2. The van der Waals surface area contributed by atoms with Gasteiger partial charge in [-0.1, -0.05) is 28.1 Å². The maximum atomic E-state index is 11.0. The lowest BCUT2D eigenvalue weighted by Gasteiger charge is -2.09. The van der Waals surface area contributed by atoms with Crippen molar-refractivity contribution in [3.63, 3.8) is 0 Å². The van der Waals surface area contributed by atoms with Gasteiger partial charge in [0.15, 0.2) is 0 Å². The van der Waals surface area contributed by atoms with E-state index in [0.717, 1.165) is 11.1 Å². The highest BCUT2D eigenvalue weighted by molar-refractivity contribution is 9.10. The molecule has 0 aliphatic rings. The zero-order valence-electron chi connectivity index (χ0n) is 10.7. The number of hydrogen-bond acceptors (Lipinski definition) is 4. The first-order valence-electron chi connectivity index (χ1n) is 5.83. The van der Waals surface area contributed by atoms with Crippen LogP contribution in [0.3, 0.4) is 0 Å². The van der Waals surface area contributed by atoms with Gasteiger partial charge in [0.2, 0.25) is 5.75 Å². The third-order valence-electron chi connectivity index (χ3n) is 2.73. The molecule has 0 aromatic heterocycles. The smallest absolute Gasteiger partial charge is 0.311 e. The van der Waals surface area contributed by atoms with Gasteiger partial charge in [0.25, 0.3) is 0 Å². The van der Waals surface area contributed by atoms with Crippen molar-refractivity contribution < 1.29 is 14.8 Å². The fourth-order valence-corrected chi connectivity index (χ4v) is 2.18. The van der Waals surface area contributed by atoms with Gasteiger partial charge in [-0.05, 0) is 36.2 Å². The molecule has 104 valence electrons. The van der Waals surface area contributed by atoms with Gasteiger partial charge in [-0.2, -0.15) is 0 Å². The zero-order chi connectivity index (χ0) is 14.7. The summed E-state index contributed by atoms with van der Waals surface area (Å²) < 4.78 is 6.27. The Bertz CT molecular complexity index is 658. The summed E-state index contributed by atoms with van der Waals surface area (Å²) in [5, 5.41) is 20.1. The predicted octanol–water partition coefficient (Wildman–Crippen LogP) is 3.95. The minimum atomic E-state index is -0.480. The van der Waals surface area contributed by atoms with Crippen LogP contribution in [0.1, 0.15) is 11.1 Å². The highest BCUT2D eigenvalue weighted by Crippen LogP contribution is 2.33. The van der Waals surface area contributed by atoms with E-state index in [-0.39, 0.29) is 18.0 Å². The standard InChI is InChI=1S/C14H12BrNO4/c1-9-2-5-13(16(18)19)14(6-9)20-11-4-3-10(8-17)12(15)7-11/h2-7,17H,8H2,1H3. The van der Waals surface area contributed by atoms with Gasteiger partial charge in [-0.3, -0.25) is 10.1 Å². The van der Waals surface area contributed by atoms with Crippen molar-refractivity contribution in [2.24, 2.45) is 0 Å². The highest BCUT2D eigenvalue weighted by Gasteiger charge is 2.16. The van der Waals surface area contributed by atoms with E-state index >= 15 is 0 Å². The van der Waals surface area contributed by atoms with Crippen molar-refractivity contribution >= 4 is 21.6 Å². The average Bonchev–Trinajstić information content (AvgIpc) is 2.38. The minimum absolute atomic E-state index is 0.0852. The van der Waals surface area contributed by atoms with Gasteiger partial charge >= 0.3 is 5.69 Å². The molecule has 0 saturated heterocycles. The monoisotopic (exact) mass is 337 g/mol. The highest BCUT2D eigenvalue weighted by atomic mass is 79.9. The molecule has 2 rings (SSSR count). The van der Waals surface area contributed by atoms with Crippen LogP contribution in [-0.2, 0) is 6.61 Å². The van der Waals surface area contributed by atoms with Crippen LogP contribution < -0.4 is 4.74 Å². The number of aliphatic hydroxyl groups is 1. The molecule has 0 aliphatic heterocycles. The van der Waals surface area contributed by atoms with E-state index < -0.39 is 4.92 Å². The van der Waals surface area contributed by atoms with E-state index in [0.29, 0.717) is 10.2 Å². The quantitative estimate of drug-likeness (QED) is 0.677. The molecule has 0 atom stereocenters. The van der Waals surface area contributed by atoms with E-state index in [9.17, 15) is 10.1 Å². The molecule has 2 aromatic carbocycles. The molecule has 0 spiro atoms. The Kier molecular flexibility index (Phi) is 4.36. The van der Waals surface area contributed by atoms with E-state index in [2.05, 4.69) is 15.9 Å². The van der Waals surface area contributed by atoms with Crippen LogP contribution in [0.5, 0.6) is 11.5 Å². The van der Waals surface area contributed by atoms with Gasteiger partial charge in [0, 0.05) is 10.5 Å². The normalized spacial score (nSPS) is 10.3. The third-order valence-corrected chi connectivity index (χ3v) is 3.47. The fourth-order valence-electron chi connectivity index (χ4n) is 1.70. The summed E-state index contributed by atoms with van der Waals surface area (Å²) >= 11 is 3.31. The van der Waals surface area contributed by atoms with Crippen molar-refractivity contribution in [2.45, 2.75) is 13.5 Å². The molecule has 1 N–H and O–H groups in total. The van der Waals surface area contributed by atoms with Crippen molar-refractivity contribution in [1.29, 1.82) is 0 Å². The summed E-state index contributed by atoms with van der Waals surface area (Å²) in [7, 11) is 0. The largest absolute Gasteiger partial charge is 0.450 e. The van der Waals surface area contributed by atoms with Crippen LogP contribution in [0.2, 0.25) is 0 Å². The molecule has 0 aliphatic carbocycles. The molecule has 0 fully saturated rings. The van der Waals surface area contributed by atoms with Crippen molar-refractivity contribution in [3.05, 3.63) is 62.1 Å². The molecule has 0 amide bonds. The molecular formula is C14H12BrNO4. The maximum Gasteiger partial charge on any atom is 0.311 e.